The number of hydrogen-bond donors (Lipinski definition) is 0. The molecule has 404 valence electrons. The molecule has 0 radical (unpaired) electrons. The van der Waals surface area contributed by atoms with Gasteiger partial charge in [-0.25, -0.2) is 9.37 Å². The van der Waals surface area contributed by atoms with Gasteiger partial charge in [0, 0.05) is 47.3 Å². The van der Waals surface area contributed by atoms with Crippen LogP contribution in [0.15, 0.2) is 212 Å². The van der Waals surface area contributed by atoms with Crippen LogP contribution in [-0.4, -0.2) is 16.2 Å². The Morgan fingerprint density at radius 1 is 0.469 bits per heavy atom. The second kappa shape index (κ2) is 20.4. The summed E-state index contributed by atoms with van der Waals surface area (Å²) in [5.41, 5.74) is 18.5. The van der Waals surface area contributed by atoms with Crippen molar-refractivity contribution in [1.82, 2.24) is 9.55 Å². The monoisotopic (exact) mass is 1060 g/mol. The van der Waals surface area contributed by atoms with Gasteiger partial charge in [0.15, 0.2) is 0 Å². The van der Waals surface area contributed by atoms with Gasteiger partial charge in [0.2, 0.25) is 0 Å². The number of nitrogens with zero attached hydrogens (tertiary/aromatic N) is 4. The molecule has 11 aromatic rings. The van der Waals surface area contributed by atoms with Gasteiger partial charge in [-0.2, -0.15) is 0 Å². The van der Waals surface area contributed by atoms with Gasteiger partial charge in [0.25, 0.3) is 0 Å². The van der Waals surface area contributed by atoms with Crippen LogP contribution in [0, 0.1) is 5.82 Å². The van der Waals surface area contributed by atoms with Gasteiger partial charge in [0.1, 0.15) is 29.8 Å². The number of benzene rings is 9. The number of anilines is 4. The van der Waals surface area contributed by atoms with Crippen LogP contribution >= 0.6 is 0 Å². The summed E-state index contributed by atoms with van der Waals surface area (Å²) in [6, 6.07) is 71.9. The zero-order valence-corrected chi connectivity index (χ0v) is 48.5. The van der Waals surface area contributed by atoms with E-state index in [9.17, 15) is 1.37 Å². The molecule has 6 heteroatoms. The highest BCUT2D eigenvalue weighted by Gasteiger charge is 2.34. The molecular formula is C75H71FN4O. The molecule has 1 aliphatic heterocycles. The fourth-order valence-electron chi connectivity index (χ4n) is 11.6. The molecule has 0 amide bonds. The topological polar surface area (TPSA) is 33.5 Å². The largest absolute Gasteiger partial charge is 0.457 e. The Morgan fingerprint density at radius 3 is 1.77 bits per heavy atom. The van der Waals surface area contributed by atoms with Crippen molar-refractivity contribution in [3.63, 3.8) is 0 Å². The lowest BCUT2D eigenvalue weighted by Gasteiger charge is -2.30. The summed E-state index contributed by atoms with van der Waals surface area (Å²) in [7, 11) is 0. The molecule has 0 saturated carbocycles. The van der Waals surface area contributed by atoms with Crippen molar-refractivity contribution in [2.24, 2.45) is 0 Å². The van der Waals surface area contributed by atoms with Crippen LogP contribution in [0.4, 0.5) is 27.1 Å². The number of hydrogen-bond acceptors (Lipinski definition) is 4. The highest BCUT2D eigenvalue weighted by atomic mass is 19.1. The summed E-state index contributed by atoms with van der Waals surface area (Å²) in [4.78, 5) is 9.79. The fourth-order valence-corrected chi connectivity index (χ4v) is 11.6. The van der Waals surface area contributed by atoms with Gasteiger partial charge in [0.05, 0.1) is 28.1 Å². The van der Waals surface area contributed by atoms with E-state index in [1.807, 2.05) is 38.2 Å². The summed E-state index contributed by atoms with van der Waals surface area (Å²) in [5, 5.41) is 2.25. The Kier molecular flexibility index (Phi) is 13.0. The predicted octanol–water partition coefficient (Wildman–Crippen LogP) is 21.0. The molecule has 12 rings (SSSR count). The van der Waals surface area contributed by atoms with E-state index in [0.29, 0.717) is 18.2 Å². The molecule has 1 aliphatic rings. The summed E-state index contributed by atoms with van der Waals surface area (Å²) < 4.78 is 33.9. The Bertz CT molecular complexity index is 4190. The van der Waals surface area contributed by atoms with Gasteiger partial charge < -0.3 is 14.5 Å². The quantitative estimate of drug-likeness (QED) is 0.137. The van der Waals surface area contributed by atoms with Gasteiger partial charge in [-0.05, 0) is 157 Å². The molecular weight excluding hydrogens is 992 g/mol. The molecule has 81 heavy (non-hydrogen) atoms. The van der Waals surface area contributed by atoms with Crippen molar-refractivity contribution < 1.29 is 10.5 Å². The molecule has 0 fully saturated rings. The molecule has 0 unspecified atom stereocenters. The van der Waals surface area contributed by atoms with Crippen molar-refractivity contribution >= 4 is 44.6 Å². The maximum atomic E-state index is 15.1. The third kappa shape index (κ3) is 10.2. The van der Waals surface area contributed by atoms with E-state index >= 15 is 4.39 Å². The summed E-state index contributed by atoms with van der Waals surface area (Å²) in [5.74, 6) is 1.02. The molecule has 5 nitrogen and oxygen atoms in total. The normalized spacial score (nSPS) is 13.3. The molecule has 0 saturated heterocycles. The Labute approximate surface area is 479 Å². The maximum Gasteiger partial charge on any atom is 0.137 e. The van der Waals surface area contributed by atoms with Gasteiger partial charge >= 0.3 is 0 Å². The zero-order valence-electron chi connectivity index (χ0n) is 49.5. The standard InChI is InChI=1S/C75H71FN4O/c1-48(2)61-23-15-16-24-62(61)53-39-58(45-60(40-53)81-59-33-34-64-63-25-17-18-26-67(63)80(70(64)46-59)71-44-54(35-36-77-71)73(3,4)5)78-47-79(69-28-20-19-27-68(69)78)72-65(50-29-31-57(76)32-30-50)41-51(49-21-13-12-14-22-49)42-66(72)52-37-55(74(6,7)8)43-56(38-52)75(9,10)11/h12-46,48H,47H2,1-11H3/i48D. The fraction of sp³-hybridized carbons (Fsp3) is 0.213. The van der Waals surface area contributed by atoms with Crippen LogP contribution in [0.25, 0.3) is 72.1 Å². The van der Waals surface area contributed by atoms with Crippen molar-refractivity contribution in [2.75, 3.05) is 16.5 Å². The summed E-state index contributed by atoms with van der Waals surface area (Å²) >= 11 is 0. The summed E-state index contributed by atoms with van der Waals surface area (Å²) in [6.45, 7) is 24.8. The van der Waals surface area contributed by atoms with E-state index in [1.54, 1.807) is 12.1 Å². The molecule has 9 aromatic carbocycles. The van der Waals surface area contributed by atoms with E-state index in [1.165, 1.54) is 16.7 Å². The first-order chi connectivity index (χ1) is 39.1. The van der Waals surface area contributed by atoms with Gasteiger partial charge in [-0.1, -0.05) is 191 Å². The van der Waals surface area contributed by atoms with Crippen molar-refractivity contribution in [3.05, 3.63) is 241 Å². The first-order valence-electron chi connectivity index (χ1n) is 28.8. The van der Waals surface area contributed by atoms with E-state index in [0.717, 1.165) is 100 Å². The van der Waals surface area contributed by atoms with E-state index in [2.05, 4.69) is 253 Å². The lowest BCUT2D eigenvalue weighted by Crippen LogP contribution is -2.25. The highest BCUT2D eigenvalue weighted by Crippen LogP contribution is 2.53. The smallest absolute Gasteiger partial charge is 0.137 e. The van der Waals surface area contributed by atoms with Crippen molar-refractivity contribution in [2.45, 2.75) is 98.3 Å². The number of aromatic nitrogens is 2. The SMILES string of the molecule is [2H]C(C)(C)c1ccccc1-c1cc(Oc2ccc3c4ccccc4n(-c4cc(C(C)(C)C)ccn4)c3c2)cc(N2CN(c3c(-c4ccc(F)cc4)cc(-c4ccccc4)cc3-c3cc(C(C)(C)C)cc(C(C)(C)C)c3)c3ccccc32)c1. The minimum absolute atomic E-state index is 0.0670. The zero-order chi connectivity index (χ0) is 57.5. The van der Waals surface area contributed by atoms with Crippen LogP contribution in [0.1, 0.15) is 106 Å². The average Bonchev–Trinajstić information content (AvgIpc) is 4.06. The number of rotatable bonds is 10. The molecule has 0 N–H and O–H groups in total. The second-order valence-electron chi connectivity index (χ2n) is 25.1. The molecule has 0 aliphatic carbocycles. The number of ether oxygens (including phenoxy) is 1. The number of pyridine rings is 1. The van der Waals surface area contributed by atoms with Gasteiger partial charge in [-0.3, -0.25) is 4.57 Å². The Hall–Kier alpha value is -8.74. The third-order valence-electron chi connectivity index (χ3n) is 16.1. The van der Waals surface area contributed by atoms with Crippen LogP contribution in [0.2, 0.25) is 0 Å². The van der Waals surface area contributed by atoms with Crippen LogP contribution in [0.3, 0.4) is 0 Å². The molecule has 0 bridgehead atoms. The lowest BCUT2D eigenvalue weighted by atomic mass is 9.78. The minimum atomic E-state index is -0.891. The molecule has 0 atom stereocenters. The number of halogens is 1. The number of fused-ring (bicyclic) bond motifs is 4. The van der Waals surface area contributed by atoms with Crippen LogP contribution in [0.5, 0.6) is 11.5 Å². The molecule has 3 heterocycles. The molecule has 0 spiro atoms. The van der Waals surface area contributed by atoms with E-state index in [4.69, 9.17) is 9.72 Å². The maximum absolute atomic E-state index is 15.1. The first-order valence-corrected chi connectivity index (χ1v) is 28.3. The molecule has 2 aromatic heterocycles. The van der Waals surface area contributed by atoms with Crippen molar-refractivity contribution in [1.29, 1.82) is 0 Å². The van der Waals surface area contributed by atoms with E-state index in [-0.39, 0.29) is 22.1 Å². The minimum Gasteiger partial charge on any atom is -0.457 e. The third-order valence-corrected chi connectivity index (χ3v) is 16.1. The van der Waals surface area contributed by atoms with Crippen LogP contribution in [-0.2, 0) is 16.2 Å². The highest BCUT2D eigenvalue weighted by molar-refractivity contribution is 6.09. The Morgan fingerprint density at radius 2 is 1.07 bits per heavy atom. The first kappa shape index (κ1) is 51.7. The van der Waals surface area contributed by atoms with Gasteiger partial charge in [-0.15, -0.1) is 0 Å². The second-order valence-corrected chi connectivity index (χ2v) is 25.1. The van der Waals surface area contributed by atoms with E-state index < -0.39 is 5.89 Å². The van der Waals surface area contributed by atoms with Crippen LogP contribution < -0.4 is 14.5 Å². The van der Waals surface area contributed by atoms with Crippen molar-refractivity contribution in [3.8, 4) is 61.8 Å². The average molecular weight is 1060 g/mol. The Balaban J connectivity index is 1.06. The summed E-state index contributed by atoms with van der Waals surface area (Å²) in [6.07, 6.45) is 1.91. The predicted molar refractivity (Wildman–Crippen MR) is 339 cm³/mol. The number of para-hydroxylation sites is 3. The lowest BCUT2D eigenvalue weighted by molar-refractivity contribution is 0.483.